The Morgan fingerprint density at radius 1 is 1.35 bits per heavy atom. The predicted octanol–water partition coefficient (Wildman–Crippen LogP) is 0.262. The van der Waals surface area contributed by atoms with Gasteiger partial charge in [0.15, 0.2) is 0 Å². The molecule has 2 aromatic rings. The van der Waals surface area contributed by atoms with Crippen LogP contribution in [0, 0.1) is 0 Å². The van der Waals surface area contributed by atoms with Crippen LogP contribution in [0.5, 0.6) is 0 Å². The topological polar surface area (TPSA) is 63.9 Å². The summed E-state index contributed by atoms with van der Waals surface area (Å²) < 4.78 is 1.43. The van der Waals surface area contributed by atoms with Gasteiger partial charge >= 0.3 is 0 Å². The van der Waals surface area contributed by atoms with Gasteiger partial charge in [-0.3, -0.25) is 4.79 Å². The van der Waals surface area contributed by atoms with Crippen LogP contribution in [0.3, 0.4) is 0 Å². The lowest BCUT2D eigenvalue weighted by molar-refractivity contribution is -0.119. The van der Waals surface area contributed by atoms with E-state index in [-0.39, 0.29) is 12.5 Å². The first kappa shape index (κ1) is 9.95. The molecular weight excluding hydrogens is 218 g/mol. The molecule has 2 heterocycles. The summed E-state index contributed by atoms with van der Waals surface area (Å²) >= 11 is 0. The Morgan fingerprint density at radius 3 is 3.06 bits per heavy atom. The Kier molecular flexibility index (Phi) is 2.32. The van der Waals surface area contributed by atoms with Crippen LogP contribution in [-0.2, 0) is 17.8 Å². The molecular formula is C11H11N5O. The number of fused-ring (bicyclic) bond motifs is 1. The molecule has 0 fully saturated rings. The molecule has 1 aliphatic heterocycles. The smallest absolute Gasteiger partial charge is 0.248 e. The Morgan fingerprint density at radius 2 is 2.24 bits per heavy atom. The summed E-state index contributed by atoms with van der Waals surface area (Å²) in [5.41, 5.74) is 2.23. The fraction of sp³-hybridized carbons (Fsp3) is 0.273. The van der Waals surface area contributed by atoms with Gasteiger partial charge < -0.3 is 4.90 Å². The molecule has 1 aromatic carbocycles. The monoisotopic (exact) mass is 229 g/mol. The molecule has 0 spiro atoms. The number of hydrogen-bond acceptors (Lipinski definition) is 4. The first-order valence-corrected chi connectivity index (χ1v) is 5.43. The number of nitrogens with zero attached hydrogens (tertiary/aromatic N) is 5. The minimum absolute atomic E-state index is 0.0160. The average Bonchev–Trinajstić information content (AvgIpc) is 2.96. The van der Waals surface area contributed by atoms with Crippen LogP contribution in [0.4, 0.5) is 5.69 Å². The van der Waals surface area contributed by atoms with Crippen molar-refractivity contribution in [2.24, 2.45) is 0 Å². The van der Waals surface area contributed by atoms with E-state index in [1.54, 1.807) is 4.90 Å². The van der Waals surface area contributed by atoms with Crippen LogP contribution in [-0.4, -0.2) is 32.7 Å². The maximum absolute atomic E-state index is 12.1. The maximum atomic E-state index is 12.1. The number of anilines is 1. The normalized spacial score (nSPS) is 13.8. The van der Waals surface area contributed by atoms with E-state index < -0.39 is 0 Å². The summed E-state index contributed by atoms with van der Waals surface area (Å²) in [6.07, 6.45) is 2.36. The lowest BCUT2D eigenvalue weighted by atomic mass is 10.2. The Bertz CT molecular complexity index is 537. The predicted molar refractivity (Wildman–Crippen MR) is 60.3 cm³/mol. The van der Waals surface area contributed by atoms with Crippen molar-refractivity contribution in [2.45, 2.75) is 13.0 Å². The van der Waals surface area contributed by atoms with Gasteiger partial charge in [0.2, 0.25) is 5.91 Å². The Balaban J connectivity index is 1.80. The van der Waals surface area contributed by atoms with Crippen LogP contribution in [0.1, 0.15) is 5.56 Å². The van der Waals surface area contributed by atoms with Crippen molar-refractivity contribution >= 4 is 11.6 Å². The highest BCUT2D eigenvalue weighted by Gasteiger charge is 2.24. The number of rotatable bonds is 2. The number of hydrogen-bond donors (Lipinski definition) is 0. The molecule has 0 atom stereocenters. The van der Waals surface area contributed by atoms with E-state index in [2.05, 4.69) is 21.6 Å². The van der Waals surface area contributed by atoms with Gasteiger partial charge in [0.05, 0.1) is 0 Å². The molecule has 1 aromatic heterocycles. The molecule has 0 radical (unpaired) electrons. The SMILES string of the molecule is O=C(Cn1cnnn1)N1CCc2ccccc21. The van der Waals surface area contributed by atoms with E-state index >= 15 is 0 Å². The number of carbonyl (C=O) groups is 1. The van der Waals surface area contributed by atoms with Crippen molar-refractivity contribution in [2.75, 3.05) is 11.4 Å². The number of benzene rings is 1. The number of tetrazole rings is 1. The fourth-order valence-electron chi connectivity index (χ4n) is 2.07. The largest absolute Gasteiger partial charge is 0.310 e. The zero-order valence-corrected chi connectivity index (χ0v) is 9.15. The second-order valence-electron chi connectivity index (χ2n) is 3.93. The zero-order valence-electron chi connectivity index (χ0n) is 9.15. The number of amides is 1. The third-order valence-electron chi connectivity index (χ3n) is 2.88. The standard InChI is InChI=1S/C11H11N5O/c17-11(7-15-8-12-13-14-15)16-6-5-9-3-1-2-4-10(9)16/h1-4,8H,5-7H2. The van der Waals surface area contributed by atoms with Gasteiger partial charge in [-0.1, -0.05) is 18.2 Å². The van der Waals surface area contributed by atoms with E-state index in [4.69, 9.17) is 0 Å². The number of carbonyl (C=O) groups excluding carboxylic acids is 1. The molecule has 0 N–H and O–H groups in total. The quantitative estimate of drug-likeness (QED) is 0.741. The van der Waals surface area contributed by atoms with Crippen molar-refractivity contribution in [3.63, 3.8) is 0 Å². The summed E-state index contributed by atoms with van der Waals surface area (Å²) in [6.45, 7) is 0.918. The Hall–Kier alpha value is -2.24. The van der Waals surface area contributed by atoms with E-state index in [0.717, 1.165) is 18.7 Å². The van der Waals surface area contributed by atoms with Gasteiger partial charge in [-0.25, -0.2) is 4.68 Å². The zero-order chi connectivity index (χ0) is 11.7. The van der Waals surface area contributed by atoms with Gasteiger partial charge in [0, 0.05) is 12.2 Å². The summed E-state index contributed by atoms with van der Waals surface area (Å²) in [5, 5.41) is 10.7. The third kappa shape index (κ3) is 1.77. The molecule has 0 saturated carbocycles. The van der Waals surface area contributed by atoms with Crippen molar-refractivity contribution < 1.29 is 4.79 Å². The minimum atomic E-state index is 0.0160. The molecule has 0 aliphatic carbocycles. The lowest BCUT2D eigenvalue weighted by Gasteiger charge is -2.16. The minimum Gasteiger partial charge on any atom is -0.310 e. The summed E-state index contributed by atoms with van der Waals surface area (Å²) in [5.74, 6) is 0.0160. The molecule has 3 rings (SSSR count). The Labute approximate surface area is 97.8 Å². The van der Waals surface area contributed by atoms with E-state index in [1.807, 2.05) is 18.2 Å². The van der Waals surface area contributed by atoms with Crippen LogP contribution < -0.4 is 4.90 Å². The molecule has 0 saturated heterocycles. The van der Waals surface area contributed by atoms with Gasteiger partial charge in [-0.05, 0) is 28.5 Å². The highest BCUT2D eigenvalue weighted by molar-refractivity contribution is 5.95. The van der Waals surface area contributed by atoms with Gasteiger partial charge in [0.1, 0.15) is 12.9 Å². The van der Waals surface area contributed by atoms with Crippen molar-refractivity contribution in [1.29, 1.82) is 0 Å². The third-order valence-corrected chi connectivity index (χ3v) is 2.88. The van der Waals surface area contributed by atoms with Gasteiger partial charge in [-0.2, -0.15) is 0 Å². The second kappa shape index (κ2) is 3.97. The van der Waals surface area contributed by atoms with Crippen LogP contribution in [0.25, 0.3) is 0 Å². The molecule has 1 aliphatic rings. The summed E-state index contributed by atoms with van der Waals surface area (Å²) in [4.78, 5) is 13.9. The van der Waals surface area contributed by atoms with Crippen LogP contribution in [0.15, 0.2) is 30.6 Å². The van der Waals surface area contributed by atoms with E-state index in [9.17, 15) is 4.79 Å². The molecule has 17 heavy (non-hydrogen) atoms. The fourth-order valence-corrected chi connectivity index (χ4v) is 2.07. The van der Waals surface area contributed by atoms with Crippen LogP contribution in [0.2, 0.25) is 0 Å². The van der Waals surface area contributed by atoms with Gasteiger partial charge in [0.25, 0.3) is 0 Å². The van der Waals surface area contributed by atoms with Crippen molar-refractivity contribution in [3.05, 3.63) is 36.2 Å². The highest BCUT2D eigenvalue weighted by Crippen LogP contribution is 2.27. The van der Waals surface area contributed by atoms with Crippen LogP contribution >= 0.6 is 0 Å². The first-order chi connectivity index (χ1) is 8.34. The van der Waals surface area contributed by atoms with E-state index in [0.29, 0.717) is 0 Å². The number of para-hydroxylation sites is 1. The second-order valence-corrected chi connectivity index (χ2v) is 3.93. The lowest BCUT2D eigenvalue weighted by Crippen LogP contribution is -2.32. The molecule has 6 nitrogen and oxygen atoms in total. The van der Waals surface area contributed by atoms with Crippen molar-refractivity contribution in [1.82, 2.24) is 20.2 Å². The molecule has 6 heteroatoms. The molecule has 0 unspecified atom stereocenters. The highest BCUT2D eigenvalue weighted by atomic mass is 16.2. The number of aromatic nitrogens is 4. The summed E-state index contributed by atoms with van der Waals surface area (Å²) in [6, 6.07) is 7.97. The van der Waals surface area contributed by atoms with Gasteiger partial charge in [-0.15, -0.1) is 5.10 Å². The molecule has 1 amide bonds. The first-order valence-electron chi connectivity index (χ1n) is 5.43. The average molecular weight is 229 g/mol. The molecule has 0 bridgehead atoms. The maximum Gasteiger partial charge on any atom is 0.248 e. The molecule has 86 valence electrons. The summed E-state index contributed by atoms with van der Waals surface area (Å²) in [7, 11) is 0. The van der Waals surface area contributed by atoms with E-state index in [1.165, 1.54) is 16.6 Å². The van der Waals surface area contributed by atoms with Crippen molar-refractivity contribution in [3.8, 4) is 0 Å².